The molecule has 0 amide bonds. The molecular formula is C18H22F3NO3. The molecule has 1 saturated carbocycles. The molecule has 1 aromatic carbocycles. The smallest absolute Gasteiger partial charge is 0.416 e. The fourth-order valence-corrected chi connectivity index (χ4v) is 3.95. The minimum Gasteiger partial charge on any atom is -0.489 e. The van der Waals surface area contributed by atoms with E-state index < -0.39 is 23.2 Å². The Labute approximate surface area is 144 Å². The monoisotopic (exact) mass is 357 g/mol. The number of likely N-dealkylation sites (tertiary alicyclic amines) is 1. The highest BCUT2D eigenvalue weighted by atomic mass is 19.4. The zero-order valence-electron chi connectivity index (χ0n) is 13.9. The third-order valence-corrected chi connectivity index (χ3v) is 5.29. The highest BCUT2D eigenvalue weighted by Crippen LogP contribution is 2.37. The predicted molar refractivity (Wildman–Crippen MR) is 85.5 cm³/mol. The van der Waals surface area contributed by atoms with Crippen molar-refractivity contribution < 1.29 is 27.8 Å². The number of carboxylic acid groups (broad SMARTS) is 1. The molecule has 7 heteroatoms. The number of hydrogen-bond donors (Lipinski definition) is 1. The number of rotatable bonds is 4. The molecule has 25 heavy (non-hydrogen) atoms. The molecule has 0 bridgehead atoms. The van der Waals surface area contributed by atoms with Gasteiger partial charge in [0.25, 0.3) is 0 Å². The number of ether oxygens (including phenoxy) is 1. The molecule has 1 saturated heterocycles. The fraction of sp³-hybridized carbons (Fsp3) is 0.611. The average Bonchev–Trinajstić information content (AvgIpc) is 3.04. The lowest BCUT2D eigenvalue weighted by Gasteiger charge is -2.41. The van der Waals surface area contributed by atoms with E-state index in [4.69, 9.17) is 4.74 Å². The Kier molecular flexibility index (Phi) is 4.95. The highest BCUT2D eigenvalue weighted by Gasteiger charge is 2.47. The van der Waals surface area contributed by atoms with E-state index in [1.807, 2.05) is 4.90 Å². The van der Waals surface area contributed by atoms with E-state index in [-0.39, 0.29) is 11.9 Å². The van der Waals surface area contributed by atoms with Crippen LogP contribution in [0.15, 0.2) is 24.3 Å². The van der Waals surface area contributed by atoms with Crippen molar-refractivity contribution in [1.82, 2.24) is 4.90 Å². The maximum absolute atomic E-state index is 12.8. The molecule has 3 rings (SSSR count). The number of carboxylic acids is 1. The minimum absolute atomic E-state index is 0.176. The van der Waals surface area contributed by atoms with Gasteiger partial charge in [-0.05, 0) is 37.5 Å². The van der Waals surface area contributed by atoms with Gasteiger partial charge in [0.1, 0.15) is 17.4 Å². The van der Waals surface area contributed by atoms with Gasteiger partial charge in [-0.1, -0.05) is 25.3 Å². The minimum atomic E-state index is -4.41. The van der Waals surface area contributed by atoms with Gasteiger partial charge in [0.15, 0.2) is 0 Å². The Bertz CT molecular complexity index is 626. The topological polar surface area (TPSA) is 49.8 Å². The van der Waals surface area contributed by atoms with E-state index in [1.54, 1.807) is 0 Å². The lowest BCUT2D eigenvalue weighted by molar-refractivity contribution is -0.153. The van der Waals surface area contributed by atoms with Crippen LogP contribution in [0.4, 0.5) is 13.2 Å². The largest absolute Gasteiger partial charge is 0.489 e. The quantitative estimate of drug-likeness (QED) is 0.887. The summed E-state index contributed by atoms with van der Waals surface area (Å²) in [5, 5.41) is 9.74. The van der Waals surface area contributed by atoms with E-state index in [9.17, 15) is 23.1 Å². The van der Waals surface area contributed by atoms with Crippen molar-refractivity contribution in [2.45, 2.75) is 56.3 Å². The van der Waals surface area contributed by atoms with Gasteiger partial charge in [0, 0.05) is 13.1 Å². The van der Waals surface area contributed by atoms with Gasteiger partial charge in [-0.15, -0.1) is 0 Å². The van der Waals surface area contributed by atoms with Crippen LogP contribution in [0.25, 0.3) is 0 Å². The number of benzene rings is 1. The van der Waals surface area contributed by atoms with Crippen LogP contribution in [0.2, 0.25) is 0 Å². The predicted octanol–water partition coefficient (Wildman–Crippen LogP) is 3.95. The van der Waals surface area contributed by atoms with Crippen LogP contribution in [0.5, 0.6) is 5.75 Å². The Morgan fingerprint density at radius 1 is 1.24 bits per heavy atom. The number of halogens is 3. The van der Waals surface area contributed by atoms with Crippen molar-refractivity contribution in [2.75, 3.05) is 13.1 Å². The molecule has 4 nitrogen and oxygen atoms in total. The second-order valence-electron chi connectivity index (χ2n) is 6.90. The molecule has 0 aromatic heterocycles. The van der Waals surface area contributed by atoms with Crippen LogP contribution in [-0.4, -0.2) is 40.7 Å². The zero-order valence-corrected chi connectivity index (χ0v) is 13.9. The average molecular weight is 357 g/mol. The molecule has 0 radical (unpaired) electrons. The van der Waals surface area contributed by atoms with Gasteiger partial charge in [-0.3, -0.25) is 9.69 Å². The highest BCUT2D eigenvalue weighted by molar-refractivity contribution is 5.79. The Morgan fingerprint density at radius 2 is 1.96 bits per heavy atom. The van der Waals surface area contributed by atoms with Crippen molar-refractivity contribution >= 4 is 5.97 Å². The molecule has 2 fully saturated rings. The molecule has 2 aliphatic rings. The Balaban J connectivity index is 1.68. The number of aliphatic carboxylic acids is 1. The van der Waals surface area contributed by atoms with Gasteiger partial charge in [-0.25, -0.2) is 0 Å². The van der Waals surface area contributed by atoms with Crippen LogP contribution in [-0.2, 0) is 11.0 Å². The molecule has 1 heterocycles. The first kappa shape index (κ1) is 18.0. The second kappa shape index (κ2) is 6.86. The van der Waals surface area contributed by atoms with Crippen LogP contribution < -0.4 is 4.74 Å². The molecule has 1 aliphatic heterocycles. The number of alkyl halides is 3. The van der Waals surface area contributed by atoms with E-state index in [0.29, 0.717) is 32.4 Å². The Hall–Kier alpha value is -1.76. The van der Waals surface area contributed by atoms with Crippen molar-refractivity contribution in [1.29, 1.82) is 0 Å². The summed E-state index contributed by atoms with van der Waals surface area (Å²) in [4.78, 5) is 13.8. The summed E-state index contributed by atoms with van der Waals surface area (Å²) in [5.74, 6) is -0.624. The molecule has 1 N–H and O–H groups in total. The summed E-state index contributed by atoms with van der Waals surface area (Å²) in [6, 6.07) is 4.84. The van der Waals surface area contributed by atoms with Crippen molar-refractivity contribution in [3.8, 4) is 5.75 Å². The molecule has 0 spiro atoms. The first-order valence-corrected chi connectivity index (χ1v) is 8.64. The first-order chi connectivity index (χ1) is 11.8. The summed E-state index contributed by atoms with van der Waals surface area (Å²) in [6.45, 7) is 1.03. The summed E-state index contributed by atoms with van der Waals surface area (Å²) < 4.78 is 44.1. The maximum atomic E-state index is 12.8. The molecule has 0 unspecified atom stereocenters. The zero-order chi connectivity index (χ0) is 18.1. The number of hydrogen-bond acceptors (Lipinski definition) is 3. The molecular weight excluding hydrogens is 335 g/mol. The summed E-state index contributed by atoms with van der Waals surface area (Å²) in [7, 11) is 0. The summed E-state index contributed by atoms with van der Waals surface area (Å²) in [6.07, 6.45) is -0.00247. The second-order valence-corrected chi connectivity index (χ2v) is 6.90. The van der Waals surface area contributed by atoms with Crippen LogP contribution in [0, 0.1) is 0 Å². The van der Waals surface area contributed by atoms with Gasteiger partial charge in [0.2, 0.25) is 0 Å². The fourth-order valence-electron chi connectivity index (χ4n) is 3.95. The lowest BCUT2D eigenvalue weighted by Crippen LogP contribution is -2.55. The molecule has 138 valence electrons. The van der Waals surface area contributed by atoms with Crippen LogP contribution in [0.3, 0.4) is 0 Å². The number of carbonyl (C=O) groups is 1. The van der Waals surface area contributed by atoms with E-state index in [0.717, 1.165) is 31.4 Å². The van der Waals surface area contributed by atoms with Crippen molar-refractivity contribution in [3.63, 3.8) is 0 Å². The summed E-state index contributed by atoms with van der Waals surface area (Å²) >= 11 is 0. The van der Waals surface area contributed by atoms with Gasteiger partial charge in [0.05, 0.1) is 5.56 Å². The van der Waals surface area contributed by atoms with Crippen molar-refractivity contribution in [3.05, 3.63) is 29.8 Å². The standard InChI is InChI=1S/C18H22F3NO3/c19-18(20,21)13-5-4-6-14(11-13)25-15-7-10-22(12-15)17(16(23)24)8-2-1-3-9-17/h4-6,11,15H,1-3,7-10,12H2,(H,23,24)/t15-/m1/s1. The SMILES string of the molecule is O=C(O)C1(N2CC[C@@H](Oc3cccc(C(F)(F)F)c3)C2)CCCCC1. The first-order valence-electron chi connectivity index (χ1n) is 8.64. The molecule has 1 aromatic rings. The third kappa shape index (κ3) is 3.76. The number of nitrogens with zero attached hydrogens (tertiary/aromatic N) is 1. The molecule has 1 aliphatic carbocycles. The van der Waals surface area contributed by atoms with E-state index in [2.05, 4.69) is 0 Å². The van der Waals surface area contributed by atoms with Gasteiger partial charge in [-0.2, -0.15) is 13.2 Å². The normalized spacial score (nSPS) is 24.2. The van der Waals surface area contributed by atoms with E-state index in [1.165, 1.54) is 12.1 Å². The lowest BCUT2D eigenvalue weighted by atomic mass is 9.80. The van der Waals surface area contributed by atoms with Gasteiger partial charge >= 0.3 is 12.1 Å². The maximum Gasteiger partial charge on any atom is 0.416 e. The Morgan fingerprint density at radius 3 is 2.60 bits per heavy atom. The van der Waals surface area contributed by atoms with Crippen molar-refractivity contribution in [2.24, 2.45) is 0 Å². The van der Waals surface area contributed by atoms with Crippen LogP contribution >= 0.6 is 0 Å². The molecule has 1 atom stereocenters. The van der Waals surface area contributed by atoms with E-state index >= 15 is 0 Å². The summed E-state index contributed by atoms with van der Waals surface area (Å²) in [5.41, 5.74) is -1.58. The van der Waals surface area contributed by atoms with Crippen LogP contribution in [0.1, 0.15) is 44.1 Å². The third-order valence-electron chi connectivity index (χ3n) is 5.29. The van der Waals surface area contributed by atoms with Gasteiger partial charge < -0.3 is 9.84 Å².